The van der Waals surface area contributed by atoms with E-state index in [2.05, 4.69) is 122 Å². The number of nitrogens with zero attached hydrogens (tertiary/aromatic N) is 1. The summed E-state index contributed by atoms with van der Waals surface area (Å²) in [5, 5.41) is 0. The van der Waals surface area contributed by atoms with Crippen LogP contribution in [0.1, 0.15) is 47.2 Å². The highest BCUT2D eigenvalue weighted by atomic mass is 16.5. The Kier molecular flexibility index (Phi) is 4.14. The van der Waals surface area contributed by atoms with Crippen molar-refractivity contribution >= 4 is 0 Å². The van der Waals surface area contributed by atoms with Crippen molar-refractivity contribution in [3.8, 4) is 22.8 Å². The lowest BCUT2D eigenvalue weighted by Crippen LogP contribution is -2.43. The second kappa shape index (κ2) is 7.16. The van der Waals surface area contributed by atoms with Crippen LogP contribution in [0.4, 0.5) is 0 Å². The van der Waals surface area contributed by atoms with Gasteiger partial charge in [-0.05, 0) is 52.6 Å². The molecule has 1 aliphatic heterocycles. The summed E-state index contributed by atoms with van der Waals surface area (Å²) in [7, 11) is 0. The van der Waals surface area contributed by atoms with Gasteiger partial charge in [0.1, 0.15) is 11.5 Å². The van der Waals surface area contributed by atoms with Crippen LogP contribution in [0.15, 0.2) is 115 Å². The molecule has 1 spiro atoms. The first kappa shape index (κ1) is 20.2. The topological polar surface area (TPSA) is 22.1 Å². The number of rotatable bonds is 1. The van der Waals surface area contributed by atoms with Crippen LogP contribution in [0.25, 0.3) is 11.3 Å². The second-order valence-electron chi connectivity index (χ2n) is 9.99. The summed E-state index contributed by atoms with van der Waals surface area (Å²) in [5.41, 5.74) is 9.14. The van der Waals surface area contributed by atoms with Crippen molar-refractivity contribution in [1.29, 1.82) is 0 Å². The molecule has 1 aliphatic carbocycles. The molecule has 0 saturated heterocycles. The normalized spacial score (nSPS) is 15.8. The molecule has 0 fully saturated rings. The Morgan fingerprint density at radius 1 is 0.543 bits per heavy atom. The largest absolute Gasteiger partial charge is 0.457 e. The van der Waals surface area contributed by atoms with Crippen LogP contribution in [-0.2, 0) is 10.8 Å². The lowest BCUT2D eigenvalue weighted by molar-refractivity contribution is 0.425. The summed E-state index contributed by atoms with van der Waals surface area (Å²) in [6.07, 6.45) is 1.86. The molecule has 0 atom stereocenters. The smallest absolute Gasteiger partial charge is 0.132 e. The first-order chi connectivity index (χ1) is 17.1. The van der Waals surface area contributed by atoms with Crippen LogP contribution < -0.4 is 4.74 Å². The van der Waals surface area contributed by atoms with Crippen molar-refractivity contribution in [1.82, 2.24) is 4.98 Å². The first-order valence-corrected chi connectivity index (χ1v) is 12.1. The molecule has 168 valence electrons. The summed E-state index contributed by atoms with van der Waals surface area (Å²) in [6, 6.07) is 39.0. The molecule has 2 heteroatoms. The predicted octanol–water partition coefficient (Wildman–Crippen LogP) is 7.88. The molecule has 7 rings (SSSR count). The minimum absolute atomic E-state index is 0.151. The van der Waals surface area contributed by atoms with Gasteiger partial charge in [-0.25, -0.2) is 0 Å². The van der Waals surface area contributed by atoms with E-state index in [1.165, 1.54) is 33.4 Å². The number of para-hydroxylation sites is 2. The predicted molar refractivity (Wildman–Crippen MR) is 140 cm³/mol. The zero-order valence-corrected chi connectivity index (χ0v) is 19.8. The van der Waals surface area contributed by atoms with Crippen LogP contribution in [0.5, 0.6) is 11.5 Å². The third-order valence-corrected chi connectivity index (χ3v) is 7.86. The summed E-state index contributed by atoms with van der Waals surface area (Å²) in [6.45, 7) is 4.68. The van der Waals surface area contributed by atoms with Gasteiger partial charge in [-0.1, -0.05) is 92.7 Å². The maximum atomic E-state index is 6.49. The van der Waals surface area contributed by atoms with Crippen LogP contribution >= 0.6 is 0 Å². The van der Waals surface area contributed by atoms with Gasteiger partial charge in [-0.3, -0.25) is 4.98 Å². The van der Waals surface area contributed by atoms with Crippen molar-refractivity contribution < 1.29 is 4.74 Å². The van der Waals surface area contributed by atoms with Gasteiger partial charge in [0.05, 0.1) is 11.1 Å². The summed E-state index contributed by atoms with van der Waals surface area (Å²) in [4.78, 5) is 4.68. The SMILES string of the molecule is CC1(C)c2ccccc2C2(c3ccccc3Oc3ccccc32)c2cc(-c3ccccn3)ccc21. The van der Waals surface area contributed by atoms with E-state index in [1.807, 2.05) is 12.3 Å². The molecule has 0 N–H and O–H groups in total. The molecule has 0 bridgehead atoms. The molecule has 2 aliphatic rings. The van der Waals surface area contributed by atoms with E-state index in [-0.39, 0.29) is 5.41 Å². The fourth-order valence-electron chi connectivity index (χ4n) is 6.31. The molecular formula is C33H25NO. The highest BCUT2D eigenvalue weighted by molar-refractivity contribution is 5.77. The lowest BCUT2D eigenvalue weighted by Gasteiger charge is -2.50. The molecule has 2 nitrogen and oxygen atoms in total. The number of aromatic nitrogens is 1. The number of fused-ring (bicyclic) bond motifs is 8. The van der Waals surface area contributed by atoms with Gasteiger partial charge in [-0.2, -0.15) is 0 Å². The van der Waals surface area contributed by atoms with Crippen LogP contribution in [0, 0.1) is 0 Å². The summed E-state index contributed by atoms with van der Waals surface area (Å²) < 4.78 is 6.49. The average molecular weight is 452 g/mol. The van der Waals surface area contributed by atoms with Gasteiger partial charge < -0.3 is 4.74 Å². The van der Waals surface area contributed by atoms with E-state index < -0.39 is 5.41 Å². The Bertz CT molecular complexity index is 1550. The molecule has 35 heavy (non-hydrogen) atoms. The summed E-state index contributed by atoms with van der Waals surface area (Å²) >= 11 is 0. The van der Waals surface area contributed by atoms with E-state index in [0.29, 0.717) is 0 Å². The maximum absolute atomic E-state index is 6.49. The fraction of sp³-hybridized carbons (Fsp3) is 0.121. The third-order valence-electron chi connectivity index (χ3n) is 7.86. The Morgan fingerprint density at radius 2 is 1.11 bits per heavy atom. The van der Waals surface area contributed by atoms with E-state index in [1.54, 1.807) is 0 Å². The third kappa shape index (κ3) is 2.62. The monoisotopic (exact) mass is 451 g/mol. The Balaban J connectivity index is 1.68. The van der Waals surface area contributed by atoms with Gasteiger partial charge in [-0.15, -0.1) is 0 Å². The Morgan fingerprint density at radius 3 is 1.77 bits per heavy atom. The zero-order valence-electron chi connectivity index (χ0n) is 19.8. The van der Waals surface area contributed by atoms with Gasteiger partial charge in [0.2, 0.25) is 0 Å². The molecule has 1 aromatic heterocycles. The van der Waals surface area contributed by atoms with Crippen LogP contribution in [0.2, 0.25) is 0 Å². The van der Waals surface area contributed by atoms with Crippen molar-refractivity contribution in [2.24, 2.45) is 0 Å². The highest BCUT2D eigenvalue weighted by Gasteiger charge is 2.52. The molecule has 0 unspecified atom stereocenters. The Labute approximate surface area is 205 Å². The van der Waals surface area contributed by atoms with Crippen molar-refractivity contribution in [2.75, 3.05) is 0 Å². The molecule has 0 amide bonds. The number of pyridine rings is 1. The lowest BCUT2D eigenvalue weighted by atomic mass is 9.53. The van der Waals surface area contributed by atoms with Gasteiger partial charge in [0.25, 0.3) is 0 Å². The van der Waals surface area contributed by atoms with Crippen molar-refractivity contribution in [3.05, 3.63) is 149 Å². The van der Waals surface area contributed by atoms with Crippen molar-refractivity contribution in [2.45, 2.75) is 24.7 Å². The molecule has 4 aromatic carbocycles. The number of hydrogen-bond acceptors (Lipinski definition) is 2. The Hall–Kier alpha value is -4.17. The molecular weight excluding hydrogens is 426 g/mol. The standard InChI is InChI=1S/C33H25NO/c1-32(2)23-11-3-4-12-25(23)33(28-21-22(18-19-24(28)32)29-15-9-10-20-34-29)26-13-5-7-16-30(26)35-31-17-8-6-14-27(31)33/h3-21H,1-2H3. The molecule has 2 heterocycles. The van der Waals surface area contributed by atoms with Gasteiger partial charge in [0, 0.05) is 28.3 Å². The number of hydrogen-bond donors (Lipinski definition) is 0. The van der Waals surface area contributed by atoms with Crippen LogP contribution in [0.3, 0.4) is 0 Å². The van der Waals surface area contributed by atoms with Crippen molar-refractivity contribution in [3.63, 3.8) is 0 Å². The quantitative estimate of drug-likeness (QED) is 0.254. The van der Waals surface area contributed by atoms with E-state index >= 15 is 0 Å². The zero-order chi connectivity index (χ0) is 23.6. The minimum atomic E-state index is -0.488. The summed E-state index contributed by atoms with van der Waals surface area (Å²) in [5.74, 6) is 1.82. The van der Waals surface area contributed by atoms with Gasteiger partial charge >= 0.3 is 0 Å². The average Bonchev–Trinajstić information content (AvgIpc) is 2.91. The maximum Gasteiger partial charge on any atom is 0.132 e. The molecule has 0 radical (unpaired) electrons. The molecule has 5 aromatic rings. The van der Waals surface area contributed by atoms with E-state index in [0.717, 1.165) is 22.8 Å². The number of benzene rings is 4. The minimum Gasteiger partial charge on any atom is -0.457 e. The second-order valence-corrected chi connectivity index (χ2v) is 9.99. The van der Waals surface area contributed by atoms with Gasteiger partial charge in [0.15, 0.2) is 0 Å². The number of ether oxygens (including phenoxy) is 1. The molecule has 0 saturated carbocycles. The fourth-order valence-corrected chi connectivity index (χ4v) is 6.31. The van der Waals surface area contributed by atoms with Crippen LogP contribution in [-0.4, -0.2) is 4.98 Å². The first-order valence-electron chi connectivity index (χ1n) is 12.1. The highest BCUT2D eigenvalue weighted by Crippen LogP contribution is 2.61. The van der Waals surface area contributed by atoms with E-state index in [9.17, 15) is 0 Å². The van der Waals surface area contributed by atoms with E-state index in [4.69, 9.17) is 4.74 Å².